The largest absolute Gasteiger partial charge is 0.417 e. The van der Waals surface area contributed by atoms with Gasteiger partial charge in [-0.3, -0.25) is 4.79 Å². The molecule has 0 spiro atoms. The van der Waals surface area contributed by atoms with E-state index in [0.717, 1.165) is 53.8 Å². The van der Waals surface area contributed by atoms with Crippen LogP contribution in [0.15, 0.2) is 48.8 Å². The molecule has 0 saturated heterocycles. The molecule has 0 unspecified atom stereocenters. The first-order valence-corrected chi connectivity index (χ1v) is 11.0. The summed E-state index contributed by atoms with van der Waals surface area (Å²) in [5.74, 6) is -0.0304. The van der Waals surface area contributed by atoms with Crippen molar-refractivity contribution in [1.29, 1.82) is 0 Å². The molecule has 0 atom stereocenters. The van der Waals surface area contributed by atoms with Crippen molar-refractivity contribution in [1.82, 2.24) is 14.5 Å². The fraction of sp³-hybridized carbons (Fsp3) is 0.208. The van der Waals surface area contributed by atoms with E-state index in [2.05, 4.69) is 19.9 Å². The van der Waals surface area contributed by atoms with Crippen molar-refractivity contribution in [2.45, 2.75) is 31.9 Å². The zero-order valence-electron chi connectivity index (χ0n) is 17.8. The fourth-order valence-corrected chi connectivity index (χ4v) is 4.68. The summed E-state index contributed by atoms with van der Waals surface area (Å²) in [5, 5.41) is 2.08. The lowest BCUT2D eigenvalue weighted by molar-refractivity contribution is -0.137. The quantitative estimate of drug-likeness (QED) is 0.408. The third-order valence-corrected chi connectivity index (χ3v) is 6.26. The van der Waals surface area contributed by atoms with Crippen molar-refractivity contribution >= 4 is 40.0 Å². The number of rotatable bonds is 4. The first-order valence-electron chi connectivity index (χ1n) is 10.6. The topological polar surface area (TPSA) is 85.8 Å². The normalized spacial score (nSPS) is 13.3. The molecule has 0 aliphatic heterocycles. The minimum Gasteiger partial charge on any atom is -0.382 e. The Morgan fingerprint density at radius 2 is 1.88 bits per heavy atom. The molecule has 0 fully saturated rings. The van der Waals surface area contributed by atoms with Gasteiger partial charge in [-0.25, -0.2) is 9.97 Å². The zero-order chi connectivity index (χ0) is 24.0. The first-order chi connectivity index (χ1) is 16.2. The molecule has 0 saturated carbocycles. The number of hydrogen-bond donors (Lipinski definition) is 2. The van der Waals surface area contributed by atoms with Gasteiger partial charge >= 0.3 is 6.18 Å². The van der Waals surface area contributed by atoms with Crippen molar-refractivity contribution in [3.05, 3.63) is 76.2 Å². The fourth-order valence-electron chi connectivity index (χ4n) is 4.46. The van der Waals surface area contributed by atoms with E-state index >= 15 is 0 Å². The van der Waals surface area contributed by atoms with E-state index in [1.807, 2.05) is 24.3 Å². The third-order valence-electron chi connectivity index (χ3n) is 5.93. The standard InChI is InChI=1S/C24H19ClF3N5O/c25-18-9-6-14(11-17(18)24(26,27)28)32-20(34)10-13-4-7-15(8-5-13)33-19-3-1-2-16(19)21-22(33)23(29)31-12-30-21/h4-9,11-12H,1-3,10H2,(H,32,34)(H2,29,30,31). The lowest BCUT2D eigenvalue weighted by Crippen LogP contribution is -2.15. The molecule has 1 aliphatic rings. The Balaban J connectivity index is 1.37. The lowest BCUT2D eigenvalue weighted by atomic mass is 10.1. The van der Waals surface area contributed by atoms with E-state index in [4.69, 9.17) is 17.3 Å². The van der Waals surface area contributed by atoms with E-state index in [-0.39, 0.29) is 12.1 Å². The molecular formula is C24H19ClF3N5O. The highest BCUT2D eigenvalue weighted by Gasteiger charge is 2.33. The molecule has 1 aliphatic carbocycles. The van der Waals surface area contributed by atoms with Gasteiger partial charge in [0.15, 0.2) is 5.82 Å². The molecule has 0 radical (unpaired) electrons. The van der Waals surface area contributed by atoms with Crippen LogP contribution in [0.4, 0.5) is 24.7 Å². The SMILES string of the molecule is Nc1ncnc2c3c(n(-c4ccc(CC(=O)Nc5ccc(Cl)c(C(F)(F)F)c5)cc4)c12)CCC3. The highest BCUT2D eigenvalue weighted by Crippen LogP contribution is 2.37. The summed E-state index contributed by atoms with van der Waals surface area (Å²) in [6.07, 6.45) is -0.236. The molecule has 2 aromatic carbocycles. The van der Waals surface area contributed by atoms with Gasteiger partial charge in [0.2, 0.25) is 5.91 Å². The Morgan fingerprint density at radius 1 is 1.12 bits per heavy atom. The molecule has 1 amide bonds. The molecule has 2 aromatic heterocycles. The number of nitrogen functional groups attached to an aromatic ring is 1. The van der Waals surface area contributed by atoms with Crippen LogP contribution in [0.5, 0.6) is 0 Å². The van der Waals surface area contributed by atoms with Crippen LogP contribution in [-0.4, -0.2) is 20.4 Å². The van der Waals surface area contributed by atoms with E-state index in [1.165, 1.54) is 18.0 Å². The summed E-state index contributed by atoms with van der Waals surface area (Å²) >= 11 is 5.64. The number of fused-ring (bicyclic) bond motifs is 3. The van der Waals surface area contributed by atoms with Gasteiger partial charge in [0.05, 0.1) is 22.5 Å². The number of halogens is 4. The Bertz CT molecular complexity index is 1410. The number of hydrogen-bond acceptors (Lipinski definition) is 4. The summed E-state index contributed by atoms with van der Waals surface area (Å²) in [7, 11) is 0. The van der Waals surface area contributed by atoms with Crippen LogP contribution in [0.2, 0.25) is 5.02 Å². The summed E-state index contributed by atoms with van der Waals surface area (Å²) < 4.78 is 41.2. The number of anilines is 2. The molecule has 3 N–H and O–H groups in total. The molecular weight excluding hydrogens is 467 g/mol. The number of amides is 1. The number of nitrogens with one attached hydrogen (secondary N) is 1. The van der Waals surface area contributed by atoms with Gasteiger partial charge in [0.25, 0.3) is 0 Å². The van der Waals surface area contributed by atoms with Gasteiger partial charge in [-0.05, 0) is 60.7 Å². The van der Waals surface area contributed by atoms with E-state index in [9.17, 15) is 18.0 Å². The number of benzene rings is 2. The molecule has 5 rings (SSSR count). The second-order valence-corrected chi connectivity index (χ2v) is 8.56. The highest BCUT2D eigenvalue weighted by molar-refractivity contribution is 6.31. The second-order valence-electron chi connectivity index (χ2n) is 8.15. The van der Waals surface area contributed by atoms with Crippen LogP contribution >= 0.6 is 11.6 Å². The smallest absolute Gasteiger partial charge is 0.382 e. The van der Waals surface area contributed by atoms with E-state index < -0.39 is 22.7 Å². The summed E-state index contributed by atoms with van der Waals surface area (Å²) in [6, 6.07) is 10.7. The van der Waals surface area contributed by atoms with Crippen molar-refractivity contribution in [3.63, 3.8) is 0 Å². The van der Waals surface area contributed by atoms with Gasteiger partial charge < -0.3 is 15.6 Å². The number of carbonyl (C=O) groups excluding carboxylic acids is 1. The van der Waals surface area contributed by atoms with Crippen LogP contribution in [-0.2, 0) is 30.2 Å². The Labute approximate surface area is 197 Å². The minimum absolute atomic E-state index is 0.0000407. The molecule has 34 heavy (non-hydrogen) atoms. The van der Waals surface area contributed by atoms with Crippen LogP contribution in [0.3, 0.4) is 0 Å². The average molecular weight is 486 g/mol. The number of nitrogens with two attached hydrogens (primary N) is 1. The van der Waals surface area contributed by atoms with Crippen LogP contribution < -0.4 is 11.1 Å². The average Bonchev–Trinajstić information content (AvgIpc) is 3.37. The summed E-state index contributed by atoms with van der Waals surface area (Å²) in [5.41, 5.74) is 10.8. The van der Waals surface area contributed by atoms with Crippen molar-refractivity contribution in [3.8, 4) is 5.69 Å². The Hall–Kier alpha value is -3.59. The third kappa shape index (κ3) is 3.96. The molecule has 4 aromatic rings. The monoisotopic (exact) mass is 485 g/mol. The van der Waals surface area contributed by atoms with Gasteiger partial charge in [-0.1, -0.05) is 23.7 Å². The zero-order valence-corrected chi connectivity index (χ0v) is 18.5. The van der Waals surface area contributed by atoms with E-state index in [1.54, 1.807) is 0 Å². The second kappa shape index (κ2) is 8.32. The number of carbonyl (C=O) groups is 1. The van der Waals surface area contributed by atoms with Gasteiger partial charge in [-0.2, -0.15) is 13.2 Å². The number of nitrogens with zero attached hydrogens (tertiary/aromatic N) is 3. The predicted molar refractivity (Wildman–Crippen MR) is 124 cm³/mol. The first kappa shape index (κ1) is 22.2. The van der Waals surface area contributed by atoms with Gasteiger partial charge in [-0.15, -0.1) is 0 Å². The maximum atomic E-state index is 13.1. The molecule has 6 nitrogen and oxygen atoms in total. The summed E-state index contributed by atoms with van der Waals surface area (Å²) in [4.78, 5) is 21.0. The number of aromatic nitrogens is 3. The lowest BCUT2D eigenvalue weighted by Gasteiger charge is -2.13. The maximum Gasteiger partial charge on any atom is 0.417 e. The molecule has 2 heterocycles. The van der Waals surface area contributed by atoms with Crippen LogP contribution in [0.1, 0.15) is 28.8 Å². The maximum absolute atomic E-state index is 13.1. The van der Waals surface area contributed by atoms with Crippen molar-refractivity contribution < 1.29 is 18.0 Å². The van der Waals surface area contributed by atoms with Crippen LogP contribution in [0.25, 0.3) is 16.7 Å². The van der Waals surface area contributed by atoms with Crippen LogP contribution in [0, 0.1) is 0 Å². The Kier molecular flexibility index (Phi) is 5.44. The van der Waals surface area contributed by atoms with Gasteiger partial charge in [0.1, 0.15) is 11.8 Å². The molecule has 174 valence electrons. The predicted octanol–water partition coefficient (Wildman–Crippen LogP) is 5.34. The minimum atomic E-state index is -4.61. The van der Waals surface area contributed by atoms with Crippen molar-refractivity contribution in [2.24, 2.45) is 0 Å². The number of aryl methyl sites for hydroxylation is 1. The van der Waals surface area contributed by atoms with Crippen molar-refractivity contribution in [2.75, 3.05) is 11.1 Å². The van der Waals surface area contributed by atoms with E-state index in [0.29, 0.717) is 11.4 Å². The Morgan fingerprint density at radius 3 is 2.62 bits per heavy atom. The highest BCUT2D eigenvalue weighted by atomic mass is 35.5. The summed E-state index contributed by atoms with van der Waals surface area (Å²) in [6.45, 7) is 0. The molecule has 10 heteroatoms. The van der Waals surface area contributed by atoms with Gasteiger partial charge in [0, 0.05) is 17.1 Å². The molecule has 0 bridgehead atoms. The number of alkyl halides is 3.